The largest absolute Gasteiger partial charge is 0.316 e. The number of nitrogens with one attached hydrogen (secondary N) is 1. The van der Waals surface area contributed by atoms with Crippen molar-refractivity contribution in [1.82, 2.24) is 5.32 Å². The third-order valence-corrected chi connectivity index (χ3v) is 4.58. The lowest BCUT2D eigenvalue weighted by molar-refractivity contribution is 0.529. The molecule has 0 aliphatic heterocycles. The van der Waals surface area contributed by atoms with E-state index < -0.39 is 5.82 Å². The van der Waals surface area contributed by atoms with Gasteiger partial charge in [-0.1, -0.05) is 35.9 Å². The molecule has 2 aromatic rings. The van der Waals surface area contributed by atoms with Crippen LogP contribution in [0, 0.1) is 11.6 Å². The van der Waals surface area contributed by atoms with Gasteiger partial charge in [-0.05, 0) is 59.1 Å². The highest BCUT2D eigenvalue weighted by Gasteiger charge is 2.15. The van der Waals surface area contributed by atoms with Crippen molar-refractivity contribution in [3.63, 3.8) is 0 Å². The zero-order valence-electron chi connectivity index (χ0n) is 11.5. The van der Waals surface area contributed by atoms with Crippen molar-refractivity contribution in [2.24, 2.45) is 0 Å². The van der Waals surface area contributed by atoms with Crippen LogP contribution in [0.4, 0.5) is 8.78 Å². The van der Waals surface area contributed by atoms with Gasteiger partial charge in [-0.25, -0.2) is 8.78 Å². The summed E-state index contributed by atoms with van der Waals surface area (Å²) in [6, 6.07) is 9.87. The van der Waals surface area contributed by atoms with Crippen LogP contribution in [0.25, 0.3) is 0 Å². The molecule has 0 saturated carbocycles. The van der Waals surface area contributed by atoms with E-state index in [-0.39, 0.29) is 16.9 Å². The Morgan fingerprint density at radius 3 is 2.43 bits per heavy atom. The van der Waals surface area contributed by atoms with Crippen LogP contribution >= 0.6 is 27.5 Å². The monoisotopic (exact) mass is 373 g/mol. The van der Waals surface area contributed by atoms with Gasteiger partial charge in [0.2, 0.25) is 0 Å². The molecule has 0 heterocycles. The molecule has 5 heteroatoms. The lowest BCUT2D eigenvalue weighted by atomic mass is 9.98. The van der Waals surface area contributed by atoms with Gasteiger partial charge in [-0.3, -0.25) is 0 Å². The fraction of sp³-hybridized carbons (Fsp3) is 0.250. The van der Waals surface area contributed by atoms with Gasteiger partial charge < -0.3 is 5.32 Å². The highest BCUT2D eigenvalue weighted by atomic mass is 79.9. The summed E-state index contributed by atoms with van der Waals surface area (Å²) in [5.74, 6) is -0.686. The van der Waals surface area contributed by atoms with Crippen molar-refractivity contribution in [2.45, 2.75) is 18.9 Å². The van der Waals surface area contributed by atoms with Crippen LogP contribution in [0.1, 0.15) is 11.1 Å². The maximum Gasteiger partial charge on any atom is 0.145 e. The summed E-state index contributed by atoms with van der Waals surface area (Å²) in [5, 5.41) is 3.26. The van der Waals surface area contributed by atoms with E-state index in [9.17, 15) is 8.78 Å². The van der Waals surface area contributed by atoms with E-state index in [1.165, 1.54) is 12.1 Å². The molecule has 1 nitrogen and oxygen atoms in total. The fourth-order valence-electron chi connectivity index (χ4n) is 2.22. The molecule has 0 saturated heterocycles. The maximum absolute atomic E-state index is 14.0. The number of hydrogen-bond donors (Lipinski definition) is 1. The Bertz CT molecular complexity index is 580. The van der Waals surface area contributed by atoms with E-state index in [0.717, 1.165) is 5.56 Å². The van der Waals surface area contributed by atoms with Gasteiger partial charge in [0, 0.05) is 6.04 Å². The van der Waals surface area contributed by atoms with Crippen LogP contribution < -0.4 is 5.32 Å². The van der Waals surface area contributed by atoms with E-state index in [1.807, 2.05) is 6.07 Å². The van der Waals surface area contributed by atoms with Crippen molar-refractivity contribution in [3.8, 4) is 0 Å². The summed E-state index contributed by atoms with van der Waals surface area (Å²) in [7, 11) is 1.81. The Balaban J connectivity index is 2.17. The summed E-state index contributed by atoms with van der Waals surface area (Å²) >= 11 is 9.05. The molecule has 112 valence electrons. The van der Waals surface area contributed by atoms with Crippen LogP contribution in [0.2, 0.25) is 5.02 Å². The highest BCUT2D eigenvalue weighted by Crippen LogP contribution is 2.24. The number of likely N-dealkylation sites (N-methyl/N-ethyl adjacent to an activating group) is 1. The summed E-state index contributed by atoms with van der Waals surface area (Å²) in [4.78, 5) is 0. The van der Waals surface area contributed by atoms with Crippen LogP contribution in [0.3, 0.4) is 0 Å². The Labute approximate surface area is 136 Å². The average molecular weight is 375 g/mol. The second-order valence-electron chi connectivity index (χ2n) is 4.82. The molecule has 0 bridgehead atoms. The molecule has 1 atom stereocenters. The zero-order valence-corrected chi connectivity index (χ0v) is 13.8. The number of halogens is 4. The Kier molecular flexibility index (Phi) is 5.73. The van der Waals surface area contributed by atoms with Crippen molar-refractivity contribution < 1.29 is 8.78 Å². The van der Waals surface area contributed by atoms with Crippen LogP contribution in [0.15, 0.2) is 40.9 Å². The van der Waals surface area contributed by atoms with Crippen LogP contribution in [0.5, 0.6) is 0 Å². The third kappa shape index (κ3) is 4.02. The predicted octanol–water partition coefficient (Wildman–Crippen LogP) is 4.75. The maximum atomic E-state index is 14.0. The Hall–Kier alpha value is -0.970. The first-order chi connectivity index (χ1) is 10.0. The van der Waals surface area contributed by atoms with Gasteiger partial charge in [0.1, 0.15) is 11.6 Å². The fourth-order valence-corrected chi connectivity index (χ4v) is 2.84. The highest BCUT2D eigenvalue weighted by molar-refractivity contribution is 9.10. The van der Waals surface area contributed by atoms with Crippen LogP contribution in [-0.4, -0.2) is 13.1 Å². The minimum Gasteiger partial charge on any atom is -0.316 e. The van der Waals surface area contributed by atoms with Crippen molar-refractivity contribution in [1.29, 1.82) is 0 Å². The molecular formula is C16H15BrClF2N. The molecule has 1 N–H and O–H groups in total. The van der Waals surface area contributed by atoms with E-state index in [4.69, 9.17) is 11.6 Å². The molecule has 0 radical (unpaired) electrons. The molecule has 0 aliphatic carbocycles. The van der Waals surface area contributed by atoms with Gasteiger partial charge >= 0.3 is 0 Å². The average Bonchev–Trinajstić information content (AvgIpc) is 2.47. The van der Waals surface area contributed by atoms with Crippen molar-refractivity contribution in [3.05, 3.63) is 68.7 Å². The predicted molar refractivity (Wildman–Crippen MR) is 85.8 cm³/mol. The Morgan fingerprint density at radius 1 is 1.10 bits per heavy atom. The molecule has 0 spiro atoms. The van der Waals surface area contributed by atoms with Crippen molar-refractivity contribution in [2.75, 3.05) is 7.05 Å². The topological polar surface area (TPSA) is 12.0 Å². The van der Waals surface area contributed by atoms with E-state index in [0.29, 0.717) is 22.9 Å². The second kappa shape index (κ2) is 7.34. The lowest BCUT2D eigenvalue weighted by Crippen LogP contribution is -2.30. The first kappa shape index (κ1) is 16.4. The first-order valence-corrected chi connectivity index (χ1v) is 7.73. The van der Waals surface area contributed by atoms with Gasteiger partial charge in [-0.15, -0.1) is 0 Å². The van der Waals surface area contributed by atoms with Gasteiger partial charge in [0.15, 0.2) is 0 Å². The number of benzene rings is 2. The van der Waals surface area contributed by atoms with Gasteiger partial charge in [0.25, 0.3) is 0 Å². The molecule has 0 aromatic heterocycles. The quantitative estimate of drug-likeness (QED) is 0.796. The van der Waals surface area contributed by atoms with Crippen LogP contribution in [-0.2, 0) is 12.8 Å². The molecule has 21 heavy (non-hydrogen) atoms. The Morgan fingerprint density at radius 2 is 1.71 bits per heavy atom. The van der Waals surface area contributed by atoms with Gasteiger partial charge in [0.05, 0.1) is 9.50 Å². The second-order valence-corrected chi connectivity index (χ2v) is 6.02. The lowest BCUT2D eigenvalue weighted by Gasteiger charge is -2.18. The zero-order chi connectivity index (χ0) is 15.4. The van der Waals surface area contributed by atoms with Crippen molar-refractivity contribution >= 4 is 27.5 Å². The number of rotatable bonds is 5. The van der Waals surface area contributed by atoms with Gasteiger partial charge in [-0.2, -0.15) is 0 Å². The molecular weight excluding hydrogens is 360 g/mol. The van der Waals surface area contributed by atoms with E-state index in [2.05, 4.69) is 21.2 Å². The third-order valence-electron chi connectivity index (χ3n) is 3.40. The summed E-state index contributed by atoms with van der Waals surface area (Å²) in [5.41, 5.74) is 1.39. The standard InChI is InChI=1S/C16H15BrClF2N/c1-21-12(8-10-4-3-7-14(19)15(10)17)9-11-5-2-6-13(18)16(11)20/h2-7,12,21H,8-9H2,1H3. The van der Waals surface area contributed by atoms with E-state index in [1.54, 1.807) is 25.2 Å². The molecule has 1 unspecified atom stereocenters. The molecule has 2 rings (SSSR count). The number of hydrogen-bond acceptors (Lipinski definition) is 1. The van der Waals surface area contributed by atoms with E-state index >= 15 is 0 Å². The summed E-state index contributed by atoms with van der Waals surface area (Å²) in [6.07, 6.45) is 1.06. The summed E-state index contributed by atoms with van der Waals surface area (Å²) < 4.78 is 27.9. The molecule has 0 aliphatic rings. The normalized spacial score (nSPS) is 12.4. The molecule has 2 aromatic carbocycles. The first-order valence-electron chi connectivity index (χ1n) is 6.56. The smallest absolute Gasteiger partial charge is 0.145 e. The molecule has 0 amide bonds. The minimum absolute atomic E-state index is 0.0175. The SMILES string of the molecule is CNC(Cc1cccc(Cl)c1F)Cc1cccc(F)c1Br. The molecule has 0 fully saturated rings. The summed E-state index contributed by atoms with van der Waals surface area (Å²) in [6.45, 7) is 0. The minimum atomic E-state index is -0.391.